The fraction of sp³-hybridized carbons (Fsp3) is 0. The molecule has 2 aromatic rings. The number of nitrogens with zero attached hydrogens (tertiary/aromatic N) is 3. The minimum absolute atomic E-state index is 0.00115. The number of nitro groups is 1. The average molecular weight is 260 g/mol. The minimum Gasteiger partial charge on any atom is -0.488 e. The molecular weight excluding hydrogens is 252 g/mol. The Bertz CT molecular complexity index is 694. The first-order valence-corrected chi connectivity index (χ1v) is 5.14. The summed E-state index contributed by atoms with van der Waals surface area (Å²) in [7, 11) is 0. The van der Waals surface area contributed by atoms with E-state index in [0.29, 0.717) is 5.69 Å². The summed E-state index contributed by atoms with van der Waals surface area (Å²) < 4.78 is 0. The molecule has 19 heavy (non-hydrogen) atoms. The van der Waals surface area contributed by atoms with E-state index in [1.807, 2.05) is 0 Å². The van der Waals surface area contributed by atoms with Crippen molar-refractivity contribution in [2.45, 2.75) is 0 Å². The highest BCUT2D eigenvalue weighted by atomic mass is 16.6. The molecule has 96 valence electrons. The summed E-state index contributed by atoms with van der Waals surface area (Å²) in [5, 5.41) is 19.8. The summed E-state index contributed by atoms with van der Waals surface area (Å²) in [4.78, 5) is 30.6. The number of pyridine rings is 1. The molecule has 8 nitrogen and oxygen atoms in total. The smallest absolute Gasteiger partial charge is 0.395 e. The van der Waals surface area contributed by atoms with Crippen LogP contribution in [-0.4, -0.2) is 25.0 Å². The molecular formula is C11H8N4O4. The maximum absolute atomic E-state index is 11.4. The zero-order chi connectivity index (χ0) is 13.8. The number of aromatic hydroxyl groups is 1. The topological polar surface area (TPSA) is 122 Å². The third-order valence-electron chi connectivity index (χ3n) is 2.18. The first-order valence-electron chi connectivity index (χ1n) is 5.14. The average Bonchev–Trinajstić information content (AvgIpc) is 2.36. The van der Waals surface area contributed by atoms with Crippen LogP contribution in [0.3, 0.4) is 0 Å². The van der Waals surface area contributed by atoms with Gasteiger partial charge in [0.15, 0.2) is 0 Å². The SMILES string of the molecule is O=c1[nH]c(/C=C/c2ccccn2)nc(O)c1[N+](=O)[O-]. The van der Waals surface area contributed by atoms with Crippen LogP contribution in [0.4, 0.5) is 5.69 Å². The van der Waals surface area contributed by atoms with Crippen molar-refractivity contribution in [3.8, 4) is 5.88 Å². The summed E-state index contributed by atoms with van der Waals surface area (Å²) in [6.45, 7) is 0. The predicted molar refractivity (Wildman–Crippen MR) is 66.3 cm³/mol. The highest BCUT2D eigenvalue weighted by molar-refractivity contribution is 5.64. The van der Waals surface area contributed by atoms with Crippen LogP contribution >= 0.6 is 0 Å². The van der Waals surface area contributed by atoms with Crippen LogP contribution in [0.1, 0.15) is 11.5 Å². The van der Waals surface area contributed by atoms with E-state index in [2.05, 4.69) is 15.0 Å². The second-order valence-electron chi connectivity index (χ2n) is 3.47. The van der Waals surface area contributed by atoms with Gasteiger partial charge in [-0.05, 0) is 24.3 Å². The third-order valence-corrected chi connectivity index (χ3v) is 2.18. The van der Waals surface area contributed by atoms with Crippen LogP contribution in [0.25, 0.3) is 12.2 Å². The Balaban J connectivity index is 2.36. The number of hydrogen-bond donors (Lipinski definition) is 2. The van der Waals surface area contributed by atoms with Gasteiger partial charge in [-0.3, -0.25) is 19.9 Å². The van der Waals surface area contributed by atoms with Gasteiger partial charge in [0.1, 0.15) is 5.82 Å². The van der Waals surface area contributed by atoms with Gasteiger partial charge >= 0.3 is 11.2 Å². The molecule has 8 heteroatoms. The molecule has 2 rings (SSSR count). The van der Waals surface area contributed by atoms with Crippen LogP contribution in [-0.2, 0) is 0 Å². The van der Waals surface area contributed by atoms with Gasteiger partial charge in [0.2, 0.25) is 0 Å². The fourth-order valence-corrected chi connectivity index (χ4v) is 1.35. The minimum atomic E-state index is -1.02. The summed E-state index contributed by atoms with van der Waals surface area (Å²) in [6, 6.07) is 5.24. The predicted octanol–water partition coefficient (Wildman–Crippen LogP) is 0.949. The Morgan fingerprint density at radius 3 is 2.74 bits per heavy atom. The summed E-state index contributed by atoms with van der Waals surface area (Å²) in [5.74, 6) is -0.923. The van der Waals surface area contributed by atoms with Crippen molar-refractivity contribution in [1.82, 2.24) is 15.0 Å². The first kappa shape index (κ1) is 12.4. The molecule has 0 aromatic carbocycles. The molecule has 0 aliphatic rings. The number of nitrogens with one attached hydrogen (secondary N) is 1. The van der Waals surface area contributed by atoms with Crippen molar-refractivity contribution < 1.29 is 10.0 Å². The van der Waals surface area contributed by atoms with Crippen molar-refractivity contribution in [2.75, 3.05) is 0 Å². The van der Waals surface area contributed by atoms with Gasteiger partial charge in [-0.25, -0.2) is 0 Å². The molecule has 0 amide bonds. The second-order valence-corrected chi connectivity index (χ2v) is 3.47. The molecule has 0 radical (unpaired) electrons. The van der Waals surface area contributed by atoms with E-state index >= 15 is 0 Å². The van der Waals surface area contributed by atoms with E-state index in [9.17, 15) is 20.0 Å². The van der Waals surface area contributed by atoms with Crippen molar-refractivity contribution in [3.05, 3.63) is 56.4 Å². The summed E-state index contributed by atoms with van der Waals surface area (Å²) in [6.07, 6.45) is 4.51. The van der Waals surface area contributed by atoms with E-state index in [-0.39, 0.29) is 5.82 Å². The molecule has 0 saturated carbocycles. The van der Waals surface area contributed by atoms with Crippen molar-refractivity contribution in [2.24, 2.45) is 0 Å². The second kappa shape index (κ2) is 5.08. The Kier molecular flexibility index (Phi) is 3.33. The third kappa shape index (κ3) is 2.80. The Morgan fingerprint density at radius 1 is 1.37 bits per heavy atom. The van der Waals surface area contributed by atoms with Crippen LogP contribution in [0.5, 0.6) is 5.88 Å². The zero-order valence-corrected chi connectivity index (χ0v) is 9.48. The molecule has 0 spiro atoms. The number of H-pyrrole nitrogens is 1. The van der Waals surface area contributed by atoms with Gasteiger partial charge in [0.25, 0.3) is 5.88 Å². The number of aromatic nitrogens is 3. The van der Waals surface area contributed by atoms with E-state index in [1.54, 1.807) is 30.5 Å². The molecule has 0 unspecified atom stereocenters. The van der Waals surface area contributed by atoms with Gasteiger partial charge in [-0.15, -0.1) is 0 Å². The lowest BCUT2D eigenvalue weighted by Gasteiger charge is -1.96. The molecule has 0 atom stereocenters. The molecule has 0 saturated heterocycles. The van der Waals surface area contributed by atoms with Gasteiger partial charge in [-0.1, -0.05) is 6.07 Å². The lowest BCUT2D eigenvalue weighted by atomic mass is 10.3. The molecule has 0 bridgehead atoms. The fourth-order valence-electron chi connectivity index (χ4n) is 1.35. The van der Waals surface area contributed by atoms with Gasteiger partial charge in [-0.2, -0.15) is 4.98 Å². The Labute approximate surface area is 106 Å². The molecule has 0 fully saturated rings. The molecule has 2 aromatic heterocycles. The maximum atomic E-state index is 11.4. The zero-order valence-electron chi connectivity index (χ0n) is 9.48. The molecule has 0 aliphatic heterocycles. The lowest BCUT2D eigenvalue weighted by Crippen LogP contribution is -2.14. The van der Waals surface area contributed by atoms with E-state index in [0.717, 1.165) is 0 Å². The highest BCUT2D eigenvalue weighted by Crippen LogP contribution is 2.17. The molecule has 2 heterocycles. The van der Waals surface area contributed by atoms with Crippen LogP contribution in [0.15, 0.2) is 29.2 Å². The van der Waals surface area contributed by atoms with Crippen molar-refractivity contribution in [1.29, 1.82) is 0 Å². The molecule has 0 aliphatic carbocycles. The summed E-state index contributed by atoms with van der Waals surface area (Å²) >= 11 is 0. The quantitative estimate of drug-likeness (QED) is 0.625. The first-order chi connectivity index (χ1) is 9.08. The summed E-state index contributed by atoms with van der Waals surface area (Å²) in [5.41, 5.74) is -1.38. The van der Waals surface area contributed by atoms with Crippen molar-refractivity contribution >= 4 is 17.8 Å². The van der Waals surface area contributed by atoms with Gasteiger partial charge in [0.05, 0.1) is 10.6 Å². The normalized spacial score (nSPS) is 10.7. The van der Waals surface area contributed by atoms with Crippen LogP contribution < -0.4 is 5.56 Å². The number of hydrogen-bond acceptors (Lipinski definition) is 6. The lowest BCUT2D eigenvalue weighted by molar-refractivity contribution is -0.387. The maximum Gasteiger partial charge on any atom is 0.395 e. The monoisotopic (exact) mass is 260 g/mol. The Hall–Kier alpha value is -3.03. The highest BCUT2D eigenvalue weighted by Gasteiger charge is 2.21. The molecule has 2 N–H and O–H groups in total. The van der Waals surface area contributed by atoms with Crippen LogP contribution in [0, 0.1) is 10.1 Å². The Morgan fingerprint density at radius 2 is 2.16 bits per heavy atom. The number of aromatic amines is 1. The van der Waals surface area contributed by atoms with Gasteiger partial charge < -0.3 is 10.1 Å². The van der Waals surface area contributed by atoms with E-state index < -0.39 is 22.0 Å². The van der Waals surface area contributed by atoms with E-state index in [1.165, 1.54) is 6.08 Å². The van der Waals surface area contributed by atoms with E-state index in [4.69, 9.17) is 0 Å². The number of rotatable bonds is 3. The largest absolute Gasteiger partial charge is 0.488 e. The van der Waals surface area contributed by atoms with Gasteiger partial charge in [0, 0.05) is 6.20 Å². The standard InChI is InChI=1S/C11H8N4O4/c16-10-9(15(18)19)11(17)14-8(13-10)5-4-7-3-1-2-6-12-7/h1-6H,(H2,13,14,16,17)/b5-4+. The van der Waals surface area contributed by atoms with Crippen LogP contribution in [0.2, 0.25) is 0 Å². The van der Waals surface area contributed by atoms with Crippen molar-refractivity contribution in [3.63, 3.8) is 0 Å².